The van der Waals surface area contributed by atoms with Gasteiger partial charge >= 0.3 is 0 Å². The van der Waals surface area contributed by atoms with Gasteiger partial charge in [0.05, 0.1) is 11.4 Å². The zero-order valence-corrected chi connectivity index (χ0v) is 17.9. The summed E-state index contributed by atoms with van der Waals surface area (Å²) < 4.78 is 1.70. The van der Waals surface area contributed by atoms with Crippen LogP contribution in [-0.4, -0.2) is 28.5 Å². The summed E-state index contributed by atoms with van der Waals surface area (Å²) in [6.07, 6.45) is 3.23. The molecule has 5 rings (SSSR count). The molecule has 6 heteroatoms. The number of anilines is 2. The zero-order chi connectivity index (χ0) is 21.2. The molecule has 2 aromatic heterocycles. The van der Waals surface area contributed by atoms with Gasteiger partial charge in [0.2, 0.25) is 0 Å². The van der Waals surface area contributed by atoms with Gasteiger partial charge in [0.15, 0.2) is 0 Å². The number of para-hydroxylation sites is 2. The van der Waals surface area contributed by atoms with Crippen molar-refractivity contribution in [3.05, 3.63) is 88.0 Å². The van der Waals surface area contributed by atoms with Crippen LogP contribution in [0.4, 0.5) is 11.4 Å². The van der Waals surface area contributed by atoms with Crippen LogP contribution in [-0.2, 0) is 0 Å². The second kappa shape index (κ2) is 8.40. The highest BCUT2D eigenvalue weighted by Gasteiger charge is 2.26. The highest BCUT2D eigenvalue weighted by Crippen LogP contribution is 2.39. The number of aromatic nitrogens is 1. The van der Waals surface area contributed by atoms with Crippen LogP contribution in [0.2, 0.25) is 0 Å². The van der Waals surface area contributed by atoms with Gasteiger partial charge in [-0.3, -0.25) is 14.2 Å². The Kier molecular flexibility index (Phi) is 5.30. The number of likely N-dealkylation sites (tertiary alicyclic amines) is 1. The molecule has 31 heavy (non-hydrogen) atoms. The van der Waals surface area contributed by atoms with E-state index in [-0.39, 0.29) is 11.5 Å². The lowest BCUT2D eigenvalue weighted by atomic mass is 10.1. The minimum atomic E-state index is -0.108. The summed E-state index contributed by atoms with van der Waals surface area (Å²) in [7, 11) is 0. The number of hydrogen-bond donors (Lipinski definition) is 1. The van der Waals surface area contributed by atoms with Crippen molar-refractivity contribution in [1.82, 2.24) is 9.47 Å². The minimum Gasteiger partial charge on any atom is -0.354 e. The SMILES string of the molecule is O=C(c1sc2c(ccc(=O)n2-c2ccccc2)c1Nc1ccccc1)N1CCCCC1. The fraction of sp³-hybridized carbons (Fsp3) is 0.200. The van der Waals surface area contributed by atoms with Crippen molar-refractivity contribution in [2.24, 2.45) is 0 Å². The number of fused-ring (bicyclic) bond motifs is 1. The maximum atomic E-state index is 13.5. The van der Waals surface area contributed by atoms with Crippen LogP contribution in [0.25, 0.3) is 15.9 Å². The molecule has 0 aliphatic carbocycles. The number of thiophene rings is 1. The molecule has 0 bridgehead atoms. The fourth-order valence-electron chi connectivity index (χ4n) is 4.08. The molecule has 0 saturated carbocycles. The average molecular weight is 430 g/mol. The molecule has 156 valence electrons. The van der Waals surface area contributed by atoms with Gasteiger partial charge in [0, 0.05) is 30.2 Å². The second-order valence-electron chi connectivity index (χ2n) is 7.71. The molecule has 0 spiro atoms. The Balaban J connectivity index is 1.71. The smallest absolute Gasteiger partial charge is 0.266 e. The van der Waals surface area contributed by atoms with E-state index in [0.717, 1.165) is 53.2 Å². The molecule has 1 aliphatic heterocycles. The average Bonchev–Trinajstić information content (AvgIpc) is 3.18. The summed E-state index contributed by atoms with van der Waals surface area (Å²) in [6, 6.07) is 22.8. The first kappa shape index (κ1) is 19.6. The number of hydrogen-bond acceptors (Lipinski definition) is 4. The van der Waals surface area contributed by atoms with Gasteiger partial charge in [0.1, 0.15) is 9.71 Å². The molecule has 1 saturated heterocycles. The van der Waals surface area contributed by atoms with Crippen molar-refractivity contribution in [2.45, 2.75) is 19.3 Å². The Labute approximate surface area is 184 Å². The summed E-state index contributed by atoms with van der Waals surface area (Å²) >= 11 is 1.39. The van der Waals surface area contributed by atoms with Crippen LogP contribution in [0.1, 0.15) is 28.9 Å². The summed E-state index contributed by atoms with van der Waals surface area (Å²) in [5.41, 5.74) is 2.37. The predicted octanol–water partition coefficient (Wildman–Crippen LogP) is 5.42. The molecule has 4 aromatic rings. The highest BCUT2D eigenvalue weighted by atomic mass is 32.1. The van der Waals surface area contributed by atoms with Crippen molar-refractivity contribution in [3.8, 4) is 5.69 Å². The lowest BCUT2D eigenvalue weighted by molar-refractivity contribution is 0.0730. The Morgan fingerprint density at radius 3 is 2.23 bits per heavy atom. The first-order valence-corrected chi connectivity index (χ1v) is 11.4. The van der Waals surface area contributed by atoms with E-state index in [0.29, 0.717) is 4.88 Å². The van der Waals surface area contributed by atoms with E-state index in [1.54, 1.807) is 10.6 Å². The Morgan fingerprint density at radius 2 is 1.52 bits per heavy atom. The van der Waals surface area contributed by atoms with Crippen molar-refractivity contribution in [1.29, 1.82) is 0 Å². The molecule has 1 aliphatic rings. The van der Waals surface area contributed by atoms with Crippen LogP contribution in [0.15, 0.2) is 77.6 Å². The van der Waals surface area contributed by atoms with E-state index in [4.69, 9.17) is 0 Å². The first-order chi connectivity index (χ1) is 15.2. The van der Waals surface area contributed by atoms with Crippen LogP contribution >= 0.6 is 11.3 Å². The van der Waals surface area contributed by atoms with E-state index < -0.39 is 0 Å². The standard InChI is InChI=1S/C25H23N3O2S/c29-21-15-14-20-22(26-18-10-4-1-5-11-18)23(24(30)27-16-8-3-9-17-27)31-25(20)28(21)19-12-6-2-7-13-19/h1-2,4-7,10-15,26H,3,8-9,16-17H2. The zero-order valence-electron chi connectivity index (χ0n) is 17.1. The maximum Gasteiger partial charge on any atom is 0.266 e. The largest absolute Gasteiger partial charge is 0.354 e. The van der Waals surface area contributed by atoms with Gasteiger partial charge in [-0.05, 0) is 49.6 Å². The monoisotopic (exact) mass is 429 g/mol. The van der Waals surface area contributed by atoms with Crippen molar-refractivity contribution >= 4 is 38.8 Å². The Bertz CT molecular complexity index is 1270. The quantitative estimate of drug-likeness (QED) is 0.471. The van der Waals surface area contributed by atoms with Gasteiger partial charge in [-0.25, -0.2) is 0 Å². The van der Waals surface area contributed by atoms with Crippen molar-refractivity contribution < 1.29 is 4.79 Å². The molecule has 1 amide bonds. The molecule has 0 radical (unpaired) electrons. The van der Waals surface area contributed by atoms with Gasteiger partial charge in [-0.2, -0.15) is 0 Å². The number of piperidine rings is 1. The van der Waals surface area contributed by atoms with Crippen molar-refractivity contribution in [3.63, 3.8) is 0 Å². The van der Waals surface area contributed by atoms with Crippen molar-refractivity contribution in [2.75, 3.05) is 18.4 Å². The number of benzene rings is 2. The predicted molar refractivity (Wildman–Crippen MR) is 127 cm³/mol. The fourth-order valence-corrected chi connectivity index (χ4v) is 5.32. The van der Waals surface area contributed by atoms with Gasteiger partial charge in [-0.15, -0.1) is 11.3 Å². The number of nitrogens with one attached hydrogen (secondary N) is 1. The molecule has 2 aromatic carbocycles. The molecule has 1 fully saturated rings. The first-order valence-electron chi connectivity index (χ1n) is 10.6. The van der Waals surface area contributed by atoms with Gasteiger partial charge < -0.3 is 10.2 Å². The third-order valence-electron chi connectivity index (χ3n) is 5.64. The molecule has 1 N–H and O–H groups in total. The minimum absolute atomic E-state index is 0.0337. The summed E-state index contributed by atoms with van der Waals surface area (Å²) in [5, 5.41) is 4.33. The second-order valence-corrected chi connectivity index (χ2v) is 8.71. The van der Waals surface area contributed by atoms with E-state index in [1.165, 1.54) is 17.8 Å². The molecular weight excluding hydrogens is 406 g/mol. The van der Waals surface area contributed by atoms with E-state index in [9.17, 15) is 9.59 Å². The molecular formula is C25H23N3O2S. The number of nitrogens with zero attached hydrogens (tertiary/aromatic N) is 2. The summed E-state index contributed by atoms with van der Waals surface area (Å²) in [5.74, 6) is 0.0337. The van der Waals surface area contributed by atoms with E-state index >= 15 is 0 Å². The van der Waals surface area contributed by atoms with Crippen LogP contribution in [0, 0.1) is 0 Å². The number of amides is 1. The number of pyridine rings is 1. The molecule has 5 nitrogen and oxygen atoms in total. The third kappa shape index (κ3) is 3.75. The van der Waals surface area contributed by atoms with E-state index in [1.807, 2.05) is 71.6 Å². The summed E-state index contributed by atoms with van der Waals surface area (Å²) in [6.45, 7) is 1.56. The normalized spacial score (nSPS) is 14.0. The van der Waals surface area contributed by atoms with Crippen LogP contribution in [0.3, 0.4) is 0 Å². The molecule has 0 atom stereocenters. The topological polar surface area (TPSA) is 54.3 Å². The van der Waals surface area contributed by atoms with Gasteiger partial charge in [-0.1, -0.05) is 36.4 Å². The molecule has 0 unspecified atom stereocenters. The number of carbonyl (C=O) groups excluding carboxylic acids is 1. The van der Waals surface area contributed by atoms with Crippen LogP contribution in [0.5, 0.6) is 0 Å². The van der Waals surface area contributed by atoms with Gasteiger partial charge in [0.25, 0.3) is 11.5 Å². The number of rotatable bonds is 4. The van der Waals surface area contributed by atoms with E-state index in [2.05, 4.69) is 5.32 Å². The summed E-state index contributed by atoms with van der Waals surface area (Å²) in [4.78, 5) is 29.7. The molecule has 3 heterocycles. The lowest BCUT2D eigenvalue weighted by Gasteiger charge is -2.26. The Hall–Kier alpha value is -3.38. The Morgan fingerprint density at radius 1 is 0.839 bits per heavy atom. The maximum absolute atomic E-state index is 13.5. The van der Waals surface area contributed by atoms with Crippen LogP contribution < -0.4 is 10.9 Å². The highest BCUT2D eigenvalue weighted by molar-refractivity contribution is 7.21. The third-order valence-corrected chi connectivity index (χ3v) is 6.82. The number of carbonyl (C=O) groups is 1. The lowest BCUT2D eigenvalue weighted by Crippen LogP contribution is -2.35.